The Morgan fingerprint density at radius 1 is 0.941 bits per heavy atom. The highest BCUT2D eigenvalue weighted by Crippen LogP contribution is 2.34. The zero-order valence-electron chi connectivity index (χ0n) is 9.12. The molecule has 0 fully saturated rings. The van der Waals surface area contributed by atoms with Crippen molar-refractivity contribution in [3.63, 3.8) is 0 Å². The zero-order valence-corrected chi connectivity index (χ0v) is 10.0. The average molecular weight is 248 g/mol. The molecule has 0 heterocycles. The number of hydrogen-bond donors (Lipinski definition) is 2. The molecule has 0 aliphatic carbocycles. The summed E-state index contributed by atoms with van der Waals surface area (Å²) in [6, 6.07) is 15.6. The molecule has 0 aliphatic heterocycles. The normalized spacial score (nSPS) is 14.3. The Balaban J connectivity index is 2.27. The lowest BCUT2D eigenvalue weighted by Crippen LogP contribution is -2.07. The third-order valence-corrected chi connectivity index (χ3v) is 3.24. The van der Waals surface area contributed by atoms with Gasteiger partial charge in [0.05, 0.1) is 11.4 Å². The summed E-state index contributed by atoms with van der Waals surface area (Å²) in [7, 11) is 0. The van der Waals surface area contributed by atoms with Crippen molar-refractivity contribution < 1.29 is 9.50 Å². The molecule has 0 spiro atoms. The standard InChI is InChI=1S/C14H13FOS/c15-12-9-5-4-8-11(12)13(16)14(17)10-6-2-1-3-7-10/h1-9,13-14,16-17H. The topological polar surface area (TPSA) is 20.2 Å². The van der Waals surface area contributed by atoms with Gasteiger partial charge < -0.3 is 5.11 Å². The van der Waals surface area contributed by atoms with Crippen LogP contribution >= 0.6 is 12.6 Å². The second-order valence-corrected chi connectivity index (χ2v) is 4.38. The summed E-state index contributed by atoms with van der Waals surface area (Å²) in [5, 5.41) is 9.67. The molecule has 0 saturated heterocycles. The molecular weight excluding hydrogens is 235 g/mol. The quantitative estimate of drug-likeness (QED) is 0.796. The van der Waals surface area contributed by atoms with E-state index in [1.807, 2.05) is 30.3 Å². The van der Waals surface area contributed by atoms with Crippen molar-refractivity contribution in [3.05, 3.63) is 71.5 Å². The van der Waals surface area contributed by atoms with Gasteiger partial charge in [-0.3, -0.25) is 0 Å². The first-order chi connectivity index (χ1) is 8.20. The van der Waals surface area contributed by atoms with Gasteiger partial charge in [-0.05, 0) is 11.6 Å². The summed E-state index contributed by atoms with van der Waals surface area (Å²) < 4.78 is 13.5. The van der Waals surface area contributed by atoms with E-state index in [0.29, 0.717) is 0 Å². The molecule has 2 aromatic carbocycles. The smallest absolute Gasteiger partial charge is 0.129 e. The van der Waals surface area contributed by atoms with E-state index in [1.54, 1.807) is 18.2 Å². The van der Waals surface area contributed by atoms with E-state index in [1.165, 1.54) is 6.07 Å². The maximum Gasteiger partial charge on any atom is 0.129 e. The van der Waals surface area contributed by atoms with Crippen molar-refractivity contribution in [1.29, 1.82) is 0 Å². The first-order valence-corrected chi connectivity index (χ1v) is 5.87. The van der Waals surface area contributed by atoms with Crippen molar-refractivity contribution in [3.8, 4) is 0 Å². The van der Waals surface area contributed by atoms with E-state index in [2.05, 4.69) is 12.6 Å². The van der Waals surface area contributed by atoms with Gasteiger partial charge in [0.15, 0.2) is 0 Å². The Morgan fingerprint density at radius 3 is 2.18 bits per heavy atom. The molecule has 0 saturated carbocycles. The SMILES string of the molecule is OC(c1ccccc1F)C(S)c1ccccc1. The Kier molecular flexibility index (Phi) is 3.82. The van der Waals surface area contributed by atoms with E-state index < -0.39 is 17.2 Å². The van der Waals surface area contributed by atoms with Crippen molar-refractivity contribution in [2.45, 2.75) is 11.4 Å². The molecule has 17 heavy (non-hydrogen) atoms. The maximum atomic E-state index is 13.5. The Morgan fingerprint density at radius 2 is 1.53 bits per heavy atom. The molecule has 88 valence electrons. The molecule has 2 atom stereocenters. The van der Waals surface area contributed by atoms with E-state index in [0.717, 1.165) is 5.56 Å². The highest BCUT2D eigenvalue weighted by Gasteiger charge is 2.21. The number of aliphatic hydroxyl groups excluding tert-OH is 1. The van der Waals surface area contributed by atoms with Crippen LogP contribution in [0.3, 0.4) is 0 Å². The van der Waals surface area contributed by atoms with Gasteiger partial charge in [0.1, 0.15) is 5.82 Å². The molecule has 2 rings (SSSR count). The second kappa shape index (κ2) is 5.34. The van der Waals surface area contributed by atoms with Crippen molar-refractivity contribution in [1.82, 2.24) is 0 Å². The first-order valence-electron chi connectivity index (χ1n) is 5.35. The van der Waals surface area contributed by atoms with Crippen LogP contribution < -0.4 is 0 Å². The lowest BCUT2D eigenvalue weighted by molar-refractivity contribution is 0.171. The van der Waals surface area contributed by atoms with Gasteiger partial charge in [-0.25, -0.2) is 4.39 Å². The van der Waals surface area contributed by atoms with Gasteiger partial charge in [0.2, 0.25) is 0 Å². The summed E-state index contributed by atoms with van der Waals surface area (Å²) in [5.41, 5.74) is 1.14. The molecular formula is C14H13FOS. The van der Waals surface area contributed by atoms with E-state index in [4.69, 9.17) is 0 Å². The minimum Gasteiger partial charge on any atom is -0.387 e. The number of halogens is 1. The van der Waals surface area contributed by atoms with E-state index >= 15 is 0 Å². The summed E-state index contributed by atoms with van der Waals surface area (Å²) >= 11 is 4.36. The summed E-state index contributed by atoms with van der Waals surface area (Å²) in [5.74, 6) is -0.407. The van der Waals surface area contributed by atoms with Crippen LogP contribution in [0.25, 0.3) is 0 Å². The summed E-state index contributed by atoms with van der Waals surface area (Å²) in [6.07, 6.45) is -0.957. The lowest BCUT2D eigenvalue weighted by Gasteiger charge is -2.19. The monoisotopic (exact) mass is 248 g/mol. The van der Waals surface area contributed by atoms with Crippen LogP contribution in [0.1, 0.15) is 22.5 Å². The van der Waals surface area contributed by atoms with Gasteiger partial charge in [-0.1, -0.05) is 48.5 Å². The van der Waals surface area contributed by atoms with Crippen molar-refractivity contribution in [2.24, 2.45) is 0 Å². The zero-order chi connectivity index (χ0) is 12.3. The van der Waals surface area contributed by atoms with E-state index in [9.17, 15) is 9.50 Å². The van der Waals surface area contributed by atoms with Gasteiger partial charge in [-0.15, -0.1) is 0 Å². The van der Waals surface area contributed by atoms with Crippen LogP contribution in [0.15, 0.2) is 54.6 Å². The van der Waals surface area contributed by atoms with Gasteiger partial charge >= 0.3 is 0 Å². The van der Waals surface area contributed by atoms with Crippen molar-refractivity contribution in [2.75, 3.05) is 0 Å². The molecule has 0 bridgehead atoms. The molecule has 0 aromatic heterocycles. The van der Waals surface area contributed by atoms with Crippen LogP contribution in [0, 0.1) is 5.82 Å². The Bertz CT molecular complexity index is 487. The van der Waals surface area contributed by atoms with Crippen LogP contribution in [0.2, 0.25) is 0 Å². The molecule has 0 radical (unpaired) electrons. The van der Waals surface area contributed by atoms with Gasteiger partial charge in [-0.2, -0.15) is 12.6 Å². The fourth-order valence-electron chi connectivity index (χ4n) is 1.72. The molecule has 1 N–H and O–H groups in total. The first kappa shape index (κ1) is 12.1. The average Bonchev–Trinajstić information content (AvgIpc) is 2.39. The third kappa shape index (κ3) is 2.68. The van der Waals surface area contributed by atoms with Gasteiger partial charge in [0.25, 0.3) is 0 Å². The Hall–Kier alpha value is -1.32. The van der Waals surface area contributed by atoms with E-state index in [-0.39, 0.29) is 5.56 Å². The number of benzene rings is 2. The van der Waals surface area contributed by atoms with Crippen LogP contribution in [-0.4, -0.2) is 5.11 Å². The number of hydrogen-bond acceptors (Lipinski definition) is 2. The summed E-state index contributed by atoms with van der Waals surface area (Å²) in [4.78, 5) is 0. The molecule has 0 amide bonds. The van der Waals surface area contributed by atoms with Crippen LogP contribution in [0.5, 0.6) is 0 Å². The Labute approximate surface area is 105 Å². The minimum atomic E-state index is -0.957. The number of aliphatic hydroxyl groups is 1. The largest absolute Gasteiger partial charge is 0.387 e. The fourth-order valence-corrected chi connectivity index (χ4v) is 2.05. The van der Waals surface area contributed by atoms with Crippen molar-refractivity contribution >= 4 is 12.6 Å². The molecule has 2 unspecified atom stereocenters. The minimum absolute atomic E-state index is 0.274. The number of thiol groups is 1. The fraction of sp³-hybridized carbons (Fsp3) is 0.143. The molecule has 2 aromatic rings. The van der Waals surface area contributed by atoms with Crippen LogP contribution in [0.4, 0.5) is 4.39 Å². The maximum absolute atomic E-state index is 13.5. The van der Waals surface area contributed by atoms with Crippen LogP contribution in [-0.2, 0) is 0 Å². The molecule has 3 heteroatoms. The highest BCUT2D eigenvalue weighted by molar-refractivity contribution is 7.80. The molecule has 0 aliphatic rings. The van der Waals surface area contributed by atoms with Gasteiger partial charge in [0, 0.05) is 5.56 Å². The second-order valence-electron chi connectivity index (χ2n) is 3.82. The number of rotatable bonds is 3. The highest BCUT2D eigenvalue weighted by atomic mass is 32.1. The predicted octanol–water partition coefficient (Wildman–Crippen LogP) is 3.53. The predicted molar refractivity (Wildman–Crippen MR) is 69.5 cm³/mol. The lowest BCUT2D eigenvalue weighted by atomic mass is 10.0. The summed E-state index contributed by atoms with van der Waals surface area (Å²) in [6.45, 7) is 0. The third-order valence-electron chi connectivity index (χ3n) is 2.66. The molecule has 1 nitrogen and oxygen atoms in total.